The van der Waals surface area contributed by atoms with Gasteiger partial charge in [-0.25, -0.2) is 9.18 Å². The van der Waals surface area contributed by atoms with Gasteiger partial charge >= 0.3 is 5.97 Å². The van der Waals surface area contributed by atoms with E-state index in [2.05, 4.69) is 10.1 Å². The molecule has 0 aromatic heterocycles. The van der Waals surface area contributed by atoms with Crippen LogP contribution in [0.1, 0.15) is 24.2 Å². The predicted molar refractivity (Wildman–Crippen MR) is 56.5 cm³/mol. The van der Waals surface area contributed by atoms with Crippen LogP contribution < -0.4 is 5.32 Å². The molecule has 0 saturated carbocycles. The molecule has 0 bridgehead atoms. The van der Waals surface area contributed by atoms with E-state index in [1.54, 1.807) is 0 Å². The molecule has 0 fully saturated rings. The van der Waals surface area contributed by atoms with E-state index in [0.29, 0.717) is 5.69 Å². The third kappa shape index (κ3) is 2.94. The standard InChI is InChI=1S/C11H14FNO2/c1-7(2)13-10-5-4-8(12)6-9(10)11(14)15-3/h4-7,13H,1-3H3. The highest BCUT2D eigenvalue weighted by Gasteiger charge is 2.13. The van der Waals surface area contributed by atoms with E-state index < -0.39 is 11.8 Å². The third-order valence-corrected chi connectivity index (χ3v) is 1.83. The summed E-state index contributed by atoms with van der Waals surface area (Å²) in [5, 5.41) is 3.05. The van der Waals surface area contributed by atoms with Crippen LogP contribution >= 0.6 is 0 Å². The number of esters is 1. The first-order valence-electron chi connectivity index (χ1n) is 4.69. The number of methoxy groups -OCH3 is 1. The third-order valence-electron chi connectivity index (χ3n) is 1.83. The number of benzene rings is 1. The number of nitrogens with one attached hydrogen (secondary N) is 1. The van der Waals surface area contributed by atoms with E-state index in [-0.39, 0.29) is 11.6 Å². The van der Waals surface area contributed by atoms with Gasteiger partial charge in [0.15, 0.2) is 0 Å². The summed E-state index contributed by atoms with van der Waals surface area (Å²) < 4.78 is 17.5. The number of halogens is 1. The molecule has 0 aliphatic heterocycles. The van der Waals surface area contributed by atoms with E-state index >= 15 is 0 Å². The van der Waals surface area contributed by atoms with Crippen LogP contribution in [-0.2, 0) is 4.74 Å². The van der Waals surface area contributed by atoms with Crippen molar-refractivity contribution in [1.29, 1.82) is 0 Å². The maximum absolute atomic E-state index is 12.9. The minimum Gasteiger partial charge on any atom is -0.465 e. The van der Waals surface area contributed by atoms with Crippen LogP contribution in [0, 0.1) is 5.82 Å². The lowest BCUT2D eigenvalue weighted by atomic mass is 10.1. The Labute approximate surface area is 88.2 Å². The molecular weight excluding hydrogens is 197 g/mol. The van der Waals surface area contributed by atoms with Gasteiger partial charge in [0.25, 0.3) is 0 Å². The van der Waals surface area contributed by atoms with Gasteiger partial charge < -0.3 is 10.1 Å². The van der Waals surface area contributed by atoms with Crippen molar-refractivity contribution in [3.05, 3.63) is 29.6 Å². The second kappa shape index (κ2) is 4.77. The van der Waals surface area contributed by atoms with Crippen molar-refractivity contribution in [3.63, 3.8) is 0 Å². The van der Waals surface area contributed by atoms with Gasteiger partial charge in [0.1, 0.15) is 5.82 Å². The Morgan fingerprint density at radius 1 is 1.47 bits per heavy atom. The van der Waals surface area contributed by atoms with E-state index in [1.807, 2.05) is 13.8 Å². The molecule has 15 heavy (non-hydrogen) atoms. The fourth-order valence-corrected chi connectivity index (χ4v) is 1.23. The zero-order valence-corrected chi connectivity index (χ0v) is 9.00. The molecule has 0 atom stereocenters. The summed E-state index contributed by atoms with van der Waals surface area (Å²) in [4.78, 5) is 11.3. The van der Waals surface area contributed by atoms with Crippen molar-refractivity contribution >= 4 is 11.7 Å². The highest BCUT2D eigenvalue weighted by atomic mass is 19.1. The van der Waals surface area contributed by atoms with Crippen molar-refractivity contribution in [2.75, 3.05) is 12.4 Å². The molecule has 0 heterocycles. The number of hydrogen-bond donors (Lipinski definition) is 1. The molecule has 0 aliphatic rings. The molecule has 0 unspecified atom stereocenters. The Hall–Kier alpha value is -1.58. The summed E-state index contributed by atoms with van der Waals surface area (Å²) in [7, 11) is 1.27. The summed E-state index contributed by atoms with van der Waals surface area (Å²) in [6.07, 6.45) is 0. The predicted octanol–water partition coefficient (Wildman–Crippen LogP) is 2.43. The molecule has 4 heteroatoms. The summed E-state index contributed by atoms with van der Waals surface area (Å²) in [6, 6.07) is 4.16. The second-order valence-electron chi connectivity index (χ2n) is 3.48. The van der Waals surface area contributed by atoms with Gasteiger partial charge in [-0.05, 0) is 32.0 Å². The first-order chi connectivity index (χ1) is 7.04. The molecule has 1 rings (SSSR count). The molecule has 1 N–H and O–H groups in total. The van der Waals surface area contributed by atoms with Gasteiger partial charge in [-0.15, -0.1) is 0 Å². The van der Waals surface area contributed by atoms with Gasteiger partial charge in [-0.3, -0.25) is 0 Å². The average molecular weight is 211 g/mol. The van der Waals surface area contributed by atoms with Crippen LogP contribution in [0.2, 0.25) is 0 Å². The Morgan fingerprint density at radius 3 is 2.67 bits per heavy atom. The minimum absolute atomic E-state index is 0.166. The van der Waals surface area contributed by atoms with Crippen LogP contribution in [-0.4, -0.2) is 19.1 Å². The molecular formula is C11H14FNO2. The van der Waals surface area contributed by atoms with Crippen LogP contribution in [0.3, 0.4) is 0 Å². The SMILES string of the molecule is COC(=O)c1cc(F)ccc1NC(C)C. The molecule has 0 radical (unpaired) electrons. The summed E-state index contributed by atoms with van der Waals surface area (Å²) >= 11 is 0. The highest BCUT2D eigenvalue weighted by Crippen LogP contribution is 2.18. The quantitative estimate of drug-likeness (QED) is 0.780. The van der Waals surface area contributed by atoms with Crippen molar-refractivity contribution < 1.29 is 13.9 Å². The van der Waals surface area contributed by atoms with E-state index in [1.165, 1.54) is 19.2 Å². The summed E-state index contributed by atoms with van der Waals surface area (Å²) in [6.45, 7) is 3.87. The van der Waals surface area contributed by atoms with Gasteiger partial charge in [0.2, 0.25) is 0 Å². The fraction of sp³-hybridized carbons (Fsp3) is 0.364. The molecule has 1 aromatic carbocycles. The van der Waals surface area contributed by atoms with Gasteiger partial charge in [-0.2, -0.15) is 0 Å². The topological polar surface area (TPSA) is 38.3 Å². The molecule has 0 amide bonds. The highest BCUT2D eigenvalue weighted by molar-refractivity contribution is 5.95. The normalized spacial score (nSPS) is 10.2. The molecule has 0 saturated heterocycles. The Morgan fingerprint density at radius 2 is 2.13 bits per heavy atom. The van der Waals surface area contributed by atoms with Gasteiger partial charge in [0, 0.05) is 11.7 Å². The van der Waals surface area contributed by atoms with Crippen LogP contribution in [0.25, 0.3) is 0 Å². The zero-order valence-electron chi connectivity index (χ0n) is 9.00. The Bertz CT molecular complexity index is 364. The number of carbonyl (C=O) groups excluding carboxylic acids is 1. The first-order valence-corrected chi connectivity index (χ1v) is 4.69. The number of ether oxygens (including phenoxy) is 1. The van der Waals surface area contributed by atoms with Crippen molar-refractivity contribution in [2.45, 2.75) is 19.9 Å². The fourth-order valence-electron chi connectivity index (χ4n) is 1.23. The van der Waals surface area contributed by atoms with E-state index in [9.17, 15) is 9.18 Å². The van der Waals surface area contributed by atoms with Crippen LogP contribution in [0.15, 0.2) is 18.2 Å². The van der Waals surface area contributed by atoms with Gasteiger partial charge in [-0.1, -0.05) is 0 Å². The lowest BCUT2D eigenvalue weighted by molar-refractivity contribution is 0.0601. The molecule has 3 nitrogen and oxygen atoms in total. The average Bonchev–Trinajstić information content (AvgIpc) is 2.19. The van der Waals surface area contributed by atoms with E-state index in [4.69, 9.17) is 0 Å². The maximum atomic E-state index is 12.9. The van der Waals surface area contributed by atoms with Crippen molar-refractivity contribution in [2.24, 2.45) is 0 Å². The second-order valence-corrected chi connectivity index (χ2v) is 3.48. The lowest BCUT2D eigenvalue weighted by Gasteiger charge is -2.13. The first kappa shape index (κ1) is 11.5. The summed E-state index contributed by atoms with van der Waals surface area (Å²) in [5.74, 6) is -0.998. The maximum Gasteiger partial charge on any atom is 0.340 e. The summed E-state index contributed by atoms with van der Waals surface area (Å²) in [5.41, 5.74) is 0.796. The Balaban J connectivity index is 3.08. The van der Waals surface area contributed by atoms with Crippen molar-refractivity contribution in [3.8, 4) is 0 Å². The smallest absolute Gasteiger partial charge is 0.340 e. The molecule has 0 aliphatic carbocycles. The van der Waals surface area contributed by atoms with E-state index in [0.717, 1.165) is 6.07 Å². The zero-order chi connectivity index (χ0) is 11.4. The number of carbonyl (C=O) groups is 1. The molecule has 82 valence electrons. The largest absolute Gasteiger partial charge is 0.465 e. The van der Waals surface area contributed by atoms with Crippen molar-refractivity contribution in [1.82, 2.24) is 0 Å². The number of rotatable bonds is 3. The molecule has 1 aromatic rings. The van der Waals surface area contributed by atoms with Gasteiger partial charge in [0.05, 0.1) is 12.7 Å². The number of hydrogen-bond acceptors (Lipinski definition) is 3. The Kier molecular flexibility index (Phi) is 3.66. The monoisotopic (exact) mass is 211 g/mol. The minimum atomic E-state index is -0.544. The lowest BCUT2D eigenvalue weighted by Crippen LogP contribution is -2.14. The molecule has 0 spiro atoms. The van der Waals surface area contributed by atoms with Crippen LogP contribution in [0.4, 0.5) is 10.1 Å². The van der Waals surface area contributed by atoms with Crippen LogP contribution in [0.5, 0.6) is 0 Å². The number of anilines is 1.